The van der Waals surface area contributed by atoms with Crippen molar-refractivity contribution in [2.24, 2.45) is 5.92 Å². The SMILES string of the molecule is CCC1CCC(O)(CNCCOCCCOC)CC1. The second kappa shape index (κ2) is 9.70. The Morgan fingerprint density at radius 2 is 1.95 bits per heavy atom. The fourth-order valence-electron chi connectivity index (χ4n) is 2.67. The van der Waals surface area contributed by atoms with Crippen LogP contribution in [0.1, 0.15) is 45.4 Å². The highest BCUT2D eigenvalue weighted by Gasteiger charge is 2.31. The molecular formula is C15H31NO3. The Hall–Kier alpha value is -0.160. The minimum Gasteiger partial charge on any atom is -0.389 e. The summed E-state index contributed by atoms with van der Waals surface area (Å²) >= 11 is 0. The Labute approximate surface area is 117 Å². The first-order valence-corrected chi connectivity index (χ1v) is 7.70. The maximum Gasteiger partial charge on any atom is 0.0771 e. The van der Waals surface area contributed by atoms with Crippen molar-refractivity contribution in [2.45, 2.75) is 51.0 Å². The monoisotopic (exact) mass is 273 g/mol. The van der Waals surface area contributed by atoms with Gasteiger partial charge in [-0.3, -0.25) is 0 Å². The van der Waals surface area contributed by atoms with Crippen LogP contribution in [-0.2, 0) is 9.47 Å². The Morgan fingerprint density at radius 1 is 1.21 bits per heavy atom. The zero-order valence-corrected chi connectivity index (χ0v) is 12.6. The third-order valence-electron chi connectivity index (χ3n) is 4.13. The lowest BCUT2D eigenvalue weighted by atomic mass is 9.78. The minimum absolute atomic E-state index is 0.484. The molecule has 0 amide bonds. The number of methoxy groups -OCH3 is 1. The number of ether oxygens (including phenoxy) is 2. The van der Waals surface area contributed by atoms with Crippen LogP contribution in [-0.4, -0.2) is 50.7 Å². The molecule has 0 saturated heterocycles. The van der Waals surface area contributed by atoms with Gasteiger partial charge in [0.15, 0.2) is 0 Å². The smallest absolute Gasteiger partial charge is 0.0771 e. The number of hydrogen-bond donors (Lipinski definition) is 2. The van der Waals surface area contributed by atoms with Gasteiger partial charge in [0.1, 0.15) is 0 Å². The lowest BCUT2D eigenvalue weighted by Gasteiger charge is -2.36. The standard InChI is InChI=1S/C15H31NO3/c1-3-14-5-7-15(17,8-6-14)13-16-9-12-19-11-4-10-18-2/h14,16-17H,3-13H2,1-2H3. The van der Waals surface area contributed by atoms with E-state index in [4.69, 9.17) is 9.47 Å². The van der Waals surface area contributed by atoms with Crippen LogP contribution in [0.25, 0.3) is 0 Å². The van der Waals surface area contributed by atoms with Crippen molar-refractivity contribution in [3.8, 4) is 0 Å². The van der Waals surface area contributed by atoms with Gasteiger partial charge in [0.05, 0.1) is 12.2 Å². The molecule has 4 nitrogen and oxygen atoms in total. The molecule has 1 saturated carbocycles. The molecule has 2 N–H and O–H groups in total. The molecule has 1 rings (SSSR count). The van der Waals surface area contributed by atoms with Crippen LogP contribution < -0.4 is 5.32 Å². The van der Waals surface area contributed by atoms with Crippen LogP contribution in [0.3, 0.4) is 0 Å². The molecule has 4 heteroatoms. The van der Waals surface area contributed by atoms with E-state index in [1.54, 1.807) is 7.11 Å². The van der Waals surface area contributed by atoms with E-state index in [0.717, 1.165) is 44.9 Å². The summed E-state index contributed by atoms with van der Waals surface area (Å²) in [5.41, 5.74) is -0.484. The maximum atomic E-state index is 10.4. The van der Waals surface area contributed by atoms with Crippen molar-refractivity contribution >= 4 is 0 Å². The highest BCUT2D eigenvalue weighted by molar-refractivity contribution is 4.86. The van der Waals surface area contributed by atoms with E-state index in [2.05, 4.69) is 12.2 Å². The third-order valence-corrected chi connectivity index (χ3v) is 4.13. The van der Waals surface area contributed by atoms with Crippen molar-refractivity contribution in [3.63, 3.8) is 0 Å². The largest absolute Gasteiger partial charge is 0.389 e. The first-order chi connectivity index (χ1) is 9.20. The predicted molar refractivity (Wildman–Crippen MR) is 77.4 cm³/mol. The van der Waals surface area contributed by atoms with E-state index in [0.29, 0.717) is 13.2 Å². The second-order valence-electron chi connectivity index (χ2n) is 5.71. The summed E-state index contributed by atoms with van der Waals surface area (Å²) in [5.74, 6) is 0.824. The highest BCUT2D eigenvalue weighted by atomic mass is 16.5. The summed E-state index contributed by atoms with van der Waals surface area (Å²) in [6.45, 7) is 5.96. The van der Waals surface area contributed by atoms with Crippen molar-refractivity contribution in [1.29, 1.82) is 0 Å². The van der Waals surface area contributed by atoms with Gasteiger partial charge < -0.3 is 19.9 Å². The van der Waals surface area contributed by atoms with Gasteiger partial charge in [0.2, 0.25) is 0 Å². The minimum atomic E-state index is -0.484. The number of rotatable bonds is 10. The number of nitrogens with one attached hydrogen (secondary N) is 1. The zero-order valence-electron chi connectivity index (χ0n) is 12.6. The van der Waals surface area contributed by atoms with Gasteiger partial charge in [-0.05, 0) is 38.0 Å². The molecule has 19 heavy (non-hydrogen) atoms. The van der Waals surface area contributed by atoms with Crippen LogP contribution in [0, 0.1) is 5.92 Å². The fraction of sp³-hybridized carbons (Fsp3) is 1.00. The molecule has 0 aromatic heterocycles. The van der Waals surface area contributed by atoms with Crippen molar-refractivity contribution in [1.82, 2.24) is 5.32 Å². The van der Waals surface area contributed by atoms with Gasteiger partial charge in [-0.1, -0.05) is 13.3 Å². The van der Waals surface area contributed by atoms with Gasteiger partial charge in [-0.15, -0.1) is 0 Å². The summed E-state index contributed by atoms with van der Waals surface area (Å²) in [5, 5.41) is 13.8. The van der Waals surface area contributed by atoms with E-state index in [-0.39, 0.29) is 0 Å². The molecule has 114 valence electrons. The molecule has 0 aromatic rings. The second-order valence-corrected chi connectivity index (χ2v) is 5.71. The van der Waals surface area contributed by atoms with Crippen molar-refractivity contribution < 1.29 is 14.6 Å². The van der Waals surface area contributed by atoms with Gasteiger partial charge in [-0.2, -0.15) is 0 Å². The average molecular weight is 273 g/mol. The Morgan fingerprint density at radius 3 is 2.58 bits per heavy atom. The molecule has 0 bridgehead atoms. The van der Waals surface area contributed by atoms with Gasteiger partial charge >= 0.3 is 0 Å². The molecular weight excluding hydrogens is 242 g/mol. The number of aliphatic hydroxyl groups is 1. The van der Waals surface area contributed by atoms with Crippen molar-refractivity contribution in [2.75, 3.05) is 40.0 Å². The van der Waals surface area contributed by atoms with Crippen LogP contribution >= 0.6 is 0 Å². The Kier molecular flexibility index (Phi) is 8.62. The van der Waals surface area contributed by atoms with E-state index in [1.807, 2.05) is 0 Å². The summed E-state index contributed by atoms with van der Waals surface area (Å²) < 4.78 is 10.4. The highest BCUT2D eigenvalue weighted by Crippen LogP contribution is 2.33. The molecule has 0 aliphatic heterocycles. The molecule has 0 heterocycles. The van der Waals surface area contributed by atoms with Crippen molar-refractivity contribution in [3.05, 3.63) is 0 Å². The lowest BCUT2D eigenvalue weighted by molar-refractivity contribution is -0.00988. The van der Waals surface area contributed by atoms with Crippen LogP contribution in [0.15, 0.2) is 0 Å². The molecule has 0 atom stereocenters. The molecule has 0 radical (unpaired) electrons. The first kappa shape index (κ1) is 16.9. The summed E-state index contributed by atoms with van der Waals surface area (Å²) in [6.07, 6.45) is 6.41. The molecule has 1 aliphatic rings. The molecule has 0 spiro atoms. The lowest BCUT2D eigenvalue weighted by Crippen LogP contribution is -2.44. The van der Waals surface area contributed by atoms with E-state index >= 15 is 0 Å². The van der Waals surface area contributed by atoms with Crippen LogP contribution in [0.4, 0.5) is 0 Å². The first-order valence-electron chi connectivity index (χ1n) is 7.70. The van der Waals surface area contributed by atoms with E-state index in [9.17, 15) is 5.11 Å². The molecule has 1 aliphatic carbocycles. The molecule has 1 fully saturated rings. The average Bonchev–Trinajstić information content (AvgIpc) is 2.43. The Bertz CT molecular complexity index is 215. The number of hydrogen-bond acceptors (Lipinski definition) is 4. The topological polar surface area (TPSA) is 50.7 Å². The van der Waals surface area contributed by atoms with Crippen LogP contribution in [0.5, 0.6) is 0 Å². The summed E-state index contributed by atoms with van der Waals surface area (Å²) in [4.78, 5) is 0. The fourth-order valence-corrected chi connectivity index (χ4v) is 2.67. The summed E-state index contributed by atoms with van der Waals surface area (Å²) in [7, 11) is 1.70. The van der Waals surface area contributed by atoms with E-state index in [1.165, 1.54) is 19.3 Å². The van der Waals surface area contributed by atoms with Gasteiger partial charge in [0.25, 0.3) is 0 Å². The maximum absolute atomic E-state index is 10.4. The zero-order chi connectivity index (χ0) is 14.0. The predicted octanol–water partition coefficient (Wildman–Crippen LogP) is 1.96. The van der Waals surface area contributed by atoms with Gasteiger partial charge in [-0.25, -0.2) is 0 Å². The summed E-state index contributed by atoms with van der Waals surface area (Å²) in [6, 6.07) is 0. The third kappa shape index (κ3) is 7.25. The normalized spacial score (nSPS) is 27.6. The van der Waals surface area contributed by atoms with Crippen LogP contribution in [0.2, 0.25) is 0 Å². The quantitative estimate of drug-likeness (QED) is 0.597. The molecule has 0 aromatic carbocycles. The molecule has 0 unspecified atom stereocenters. The van der Waals surface area contributed by atoms with E-state index < -0.39 is 5.60 Å². The Balaban J connectivity index is 1.97. The van der Waals surface area contributed by atoms with Gasteiger partial charge in [0, 0.05) is 33.4 Å².